The van der Waals surface area contributed by atoms with Gasteiger partial charge >= 0.3 is 0 Å². The zero-order valence-corrected chi connectivity index (χ0v) is 6.26. The molecule has 0 spiro atoms. The highest BCUT2D eigenvalue weighted by molar-refractivity contribution is 5.85. The lowest BCUT2D eigenvalue weighted by Crippen LogP contribution is -2.09. The van der Waals surface area contributed by atoms with Crippen molar-refractivity contribution in [3.8, 4) is 0 Å². The second-order valence-corrected chi connectivity index (χ2v) is 3.37. The molecule has 2 atom stereocenters. The van der Waals surface area contributed by atoms with E-state index in [-0.39, 0.29) is 0 Å². The van der Waals surface area contributed by atoms with E-state index in [1.807, 2.05) is 0 Å². The number of hydrogen-bond acceptors (Lipinski definition) is 1. The minimum atomic E-state index is 0.413. The molecule has 2 bridgehead atoms. The lowest BCUT2D eigenvalue weighted by atomic mass is 9.94. The van der Waals surface area contributed by atoms with Crippen molar-refractivity contribution in [3.63, 3.8) is 0 Å². The molecule has 2 aliphatic rings. The molecule has 0 radical (unpaired) electrons. The third kappa shape index (κ3) is 0.664. The van der Waals surface area contributed by atoms with Gasteiger partial charge in [-0.15, -0.1) is 0 Å². The van der Waals surface area contributed by atoms with Gasteiger partial charge in [0.1, 0.15) is 5.78 Å². The maximum Gasteiger partial charge on any atom is 0.136 e. The van der Waals surface area contributed by atoms with Gasteiger partial charge in [0.25, 0.3) is 0 Å². The van der Waals surface area contributed by atoms with Crippen LogP contribution in [0.15, 0.2) is 11.6 Å². The molecule has 0 aromatic rings. The van der Waals surface area contributed by atoms with Gasteiger partial charge in [-0.25, -0.2) is 0 Å². The van der Waals surface area contributed by atoms with E-state index >= 15 is 0 Å². The van der Waals surface area contributed by atoms with Gasteiger partial charge in [0, 0.05) is 12.3 Å². The molecule has 54 valence electrons. The molecular weight excluding hydrogens is 124 g/mol. The van der Waals surface area contributed by atoms with Crippen molar-refractivity contribution in [3.05, 3.63) is 11.6 Å². The van der Waals surface area contributed by atoms with Crippen LogP contribution in [0.2, 0.25) is 0 Å². The van der Waals surface area contributed by atoms with Gasteiger partial charge < -0.3 is 0 Å². The molecule has 0 saturated heterocycles. The summed E-state index contributed by atoms with van der Waals surface area (Å²) in [6.45, 7) is 2.08. The fraction of sp³-hybridized carbons (Fsp3) is 0.667. The Morgan fingerprint density at radius 1 is 1.40 bits per heavy atom. The second-order valence-electron chi connectivity index (χ2n) is 3.37. The van der Waals surface area contributed by atoms with E-state index in [1.54, 1.807) is 0 Å². The first kappa shape index (κ1) is 6.14. The number of Topliss-reactive ketones (excluding diaryl/α,β-unsaturated/α-hetero) is 1. The molecule has 0 aromatic carbocycles. The summed E-state index contributed by atoms with van der Waals surface area (Å²) in [5, 5.41) is 0. The number of ketones is 1. The molecule has 0 N–H and O–H groups in total. The molecule has 10 heavy (non-hydrogen) atoms. The van der Waals surface area contributed by atoms with Crippen molar-refractivity contribution in [2.75, 3.05) is 0 Å². The van der Waals surface area contributed by atoms with Crippen molar-refractivity contribution in [1.82, 2.24) is 0 Å². The minimum Gasteiger partial charge on any atom is -0.299 e. The molecule has 2 rings (SSSR count). The second kappa shape index (κ2) is 1.94. The normalized spacial score (nSPS) is 41.7. The van der Waals surface area contributed by atoms with Crippen LogP contribution < -0.4 is 0 Å². The molecule has 1 heteroatoms. The van der Waals surface area contributed by atoms with Crippen molar-refractivity contribution >= 4 is 5.78 Å². The first-order valence-corrected chi connectivity index (χ1v) is 3.99. The Morgan fingerprint density at radius 2 is 2.20 bits per heavy atom. The summed E-state index contributed by atoms with van der Waals surface area (Å²) in [5.74, 6) is 1.56. The Bertz CT molecular complexity index is 203. The summed E-state index contributed by atoms with van der Waals surface area (Å²) < 4.78 is 0. The Balaban J connectivity index is 2.24. The van der Waals surface area contributed by atoms with E-state index in [4.69, 9.17) is 0 Å². The summed E-state index contributed by atoms with van der Waals surface area (Å²) in [6.07, 6.45) is 5.25. The minimum absolute atomic E-state index is 0.413. The molecule has 0 aromatic heterocycles. The summed E-state index contributed by atoms with van der Waals surface area (Å²) >= 11 is 0. The zero-order valence-electron chi connectivity index (χ0n) is 6.26. The molecule has 1 nitrogen and oxygen atoms in total. The molecule has 0 aliphatic heterocycles. The highest BCUT2D eigenvalue weighted by atomic mass is 16.1. The van der Waals surface area contributed by atoms with E-state index < -0.39 is 0 Å². The summed E-state index contributed by atoms with van der Waals surface area (Å²) in [7, 11) is 0. The quantitative estimate of drug-likeness (QED) is 0.465. The monoisotopic (exact) mass is 136 g/mol. The smallest absolute Gasteiger partial charge is 0.136 e. The van der Waals surface area contributed by atoms with Gasteiger partial charge in [-0.2, -0.15) is 0 Å². The van der Waals surface area contributed by atoms with E-state index in [1.165, 1.54) is 5.57 Å². The highest BCUT2D eigenvalue weighted by Gasteiger charge is 2.40. The van der Waals surface area contributed by atoms with Crippen molar-refractivity contribution in [1.29, 1.82) is 0 Å². The lowest BCUT2D eigenvalue weighted by Gasteiger charge is -2.10. The zero-order chi connectivity index (χ0) is 7.14. The summed E-state index contributed by atoms with van der Waals surface area (Å²) in [6, 6.07) is 0. The fourth-order valence-corrected chi connectivity index (χ4v) is 2.25. The number of carbonyl (C=O) groups excluding carboxylic acids is 1. The van der Waals surface area contributed by atoms with Crippen LogP contribution in [0.25, 0.3) is 0 Å². The lowest BCUT2D eigenvalue weighted by molar-refractivity contribution is -0.121. The topological polar surface area (TPSA) is 17.1 Å². The maximum atomic E-state index is 11.1. The van der Waals surface area contributed by atoms with Gasteiger partial charge in [-0.1, -0.05) is 11.6 Å². The van der Waals surface area contributed by atoms with Crippen LogP contribution in [0.3, 0.4) is 0 Å². The predicted molar refractivity (Wildman–Crippen MR) is 39.6 cm³/mol. The number of hydrogen-bond donors (Lipinski definition) is 0. The first-order valence-electron chi connectivity index (χ1n) is 3.99. The predicted octanol–water partition coefficient (Wildman–Crippen LogP) is 1.93. The molecule has 2 saturated carbocycles. The molecule has 0 heterocycles. The largest absolute Gasteiger partial charge is 0.299 e. The third-order valence-corrected chi connectivity index (χ3v) is 2.85. The highest BCUT2D eigenvalue weighted by Crippen LogP contribution is 2.45. The van der Waals surface area contributed by atoms with Crippen molar-refractivity contribution < 1.29 is 4.79 Å². The number of carbonyl (C=O) groups is 1. The number of fused-ring (bicyclic) bond motifs is 2. The SMILES string of the molecule is C/C=C1\CC2CC1CC2=O. The maximum absolute atomic E-state index is 11.1. The Labute approximate surface area is 61.1 Å². The van der Waals surface area contributed by atoms with E-state index in [2.05, 4.69) is 13.0 Å². The molecular formula is C9H12O. The van der Waals surface area contributed by atoms with Gasteiger partial charge in [-0.05, 0) is 25.7 Å². The van der Waals surface area contributed by atoms with Gasteiger partial charge in [0.05, 0.1) is 0 Å². The van der Waals surface area contributed by atoms with Crippen LogP contribution in [-0.2, 0) is 4.79 Å². The van der Waals surface area contributed by atoms with E-state index in [0.29, 0.717) is 17.6 Å². The number of rotatable bonds is 0. The van der Waals surface area contributed by atoms with Gasteiger partial charge in [0.2, 0.25) is 0 Å². The number of allylic oxidation sites excluding steroid dienone is 2. The molecule has 2 fully saturated rings. The van der Waals surface area contributed by atoms with Crippen LogP contribution in [0.4, 0.5) is 0 Å². The van der Waals surface area contributed by atoms with E-state index in [0.717, 1.165) is 19.3 Å². The van der Waals surface area contributed by atoms with Crippen LogP contribution >= 0.6 is 0 Å². The summed E-state index contributed by atoms with van der Waals surface area (Å²) in [5.41, 5.74) is 1.53. The Hall–Kier alpha value is -0.590. The van der Waals surface area contributed by atoms with Gasteiger partial charge in [0.15, 0.2) is 0 Å². The molecule has 0 amide bonds. The van der Waals surface area contributed by atoms with Crippen LogP contribution in [0, 0.1) is 11.8 Å². The fourth-order valence-electron chi connectivity index (χ4n) is 2.25. The van der Waals surface area contributed by atoms with Crippen LogP contribution in [0.5, 0.6) is 0 Å². The van der Waals surface area contributed by atoms with Crippen molar-refractivity contribution in [2.45, 2.75) is 26.2 Å². The van der Waals surface area contributed by atoms with E-state index in [9.17, 15) is 4.79 Å². The first-order chi connectivity index (χ1) is 4.81. The summed E-state index contributed by atoms with van der Waals surface area (Å²) in [4.78, 5) is 11.1. The standard InChI is InChI=1S/C9H12O/c1-2-6-3-8-4-7(6)5-9(8)10/h2,7-8H,3-5H2,1H3/b6-2+. The average molecular weight is 136 g/mol. The Kier molecular flexibility index (Phi) is 1.19. The third-order valence-electron chi connectivity index (χ3n) is 2.85. The average Bonchev–Trinajstić information content (AvgIpc) is 2.44. The molecule has 2 unspecified atom stereocenters. The van der Waals surface area contributed by atoms with Crippen LogP contribution in [-0.4, -0.2) is 5.78 Å². The van der Waals surface area contributed by atoms with Crippen molar-refractivity contribution in [2.24, 2.45) is 11.8 Å². The van der Waals surface area contributed by atoms with Crippen LogP contribution in [0.1, 0.15) is 26.2 Å². The Morgan fingerprint density at radius 3 is 2.60 bits per heavy atom. The molecule has 2 aliphatic carbocycles. The van der Waals surface area contributed by atoms with Gasteiger partial charge in [-0.3, -0.25) is 4.79 Å².